The molecule has 0 amide bonds. The zero-order valence-corrected chi connectivity index (χ0v) is 12.0. The topological polar surface area (TPSA) is 23.5 Å². The minimum absolute atomic E-state index is 0.353. The monoisotopic (exact) mass is 265 g/mol. The first-order chi connectivity index (χ1) is 8.79. The highest BCUT2D eigenvalue weighted by Gasteiger charge is 2.22. The maximum atomic E-state index is 9.31. The summed E-state index contributed by atoms with van der Waals surface area (Å²) in [6, 6.07) is 7.60. The molecule has 1 N–H and O–H groups in total. The first-order valence-electron chi connectivity index (χ1n) is 6.99. The van der Waals surface area contributed by atoms with E-state index in [0.29, 0.717) is 11.1 Å². The van der Waals surface area contributed by atoms with E-state index in [1.807, 2.05) is 23.9 Å². The molecule has 0 radical (unpaired) electrons. The van der Waals surface area contributed by atoms with Gasteiger partial charge < -0.3 is 5.11 Å². The van der Waals surface area contributed by atoms with E-state index in [1.165, 1.54) is 50.1 Å². The predicted octanol–water partition coefficient (Wildman–Crippen LogP) is 4.10. The van der Waals surface area contributed by atoms with E-state index in [0.717, 1.165) is 0 Å². The zero-order valence-electron chi connectivity index (χ0n) is 11.1. The fourth-order valence-electron chi connectivity index (χ4n) is 2.39. The number of unbranched alkanes of at least 4 members (excludes halogenated alkanes) is 1. The molecule has 1 saturated heterocycles. The Morgan fingerprint density at radius 1 is 1.28 bits per heavy atom. The summed E-state index contributed by atoms with van der Waals surface area (Å²) in [6.07, 6.45) is 6.55. The average Bonchev–Trinajstić information content (AvgIpc) is 2.40. The highest BCUT2D eigenvalue weighted by Crippen LogP contribution is 2.33. The zero-order chi connectivity index (χ0) is 12.8. The van der Waals surface area contributed by atoms with Gasteiger partial charge in [-0.3, -0.25) is 4.90 Å². The van der Waals surface area contributed by atoms with Crippen LogP contribution in [-0.4, -0.2) is 28.5 Å². The Bertz CT molecular complexity index is 352. The molecule has 1 fully saturated rings. The first-order valence-corrected chi connectivity index (χ1v) is 7.87. The van der Waals surface area contributed by atoms with Gasteiger partial charge >= 0.3 is 0 Å². The third-order valence-electron chi connectivity index (χ3n) is 3.46. The number of benzene rings is 1. The van der Waals surface area contributed by atoms with Crippen LogP contribution in [0.1, 0.15) is 39.0 Å². The van der Waals surface area contributed by atoms with Gasteiger partial charge in [0, 0.05) is 4.90 Å². The Morgan fingerprint density at radius 3 is 2.78 bits per heavy atom. The Kier molecular flexibility index (Phi) is 5.39. The molecule has 100 valence electrons. The number of hydrogen-bond donors (Lipinski definition) is 1. The lowest BCUT2D eigenvalue weighted by atomic mass is 10.1. The van der Waals surface area contributed by atoms with E-state index >= 15 is 0 Å². The number of thioether (sulfide) groups is 1. The van der Waals surface area contributed by atoms with Gasteiger partial charge in [-0.15, -0.1) is 11.8 Å². The van der Waals surface area contributed by atoms with E-state index in [4.69, 9.17) is 0 Å². The summed E-state index contributed by atoms with van der Waals surface area (Å²) >= 11 is 1.95. The van der Waals surface area contributed by atoms with Gasteiger partial charge in [-0.25, -0.2) is 0 Å². The molecule has 2 nitrogen and oxygen atoms in total. The number of piperidine rings is 1. The maximum absolute atomic E-state index is 9.31. The fraction of sp³-hybridized carbons (Fsp3) is 0.600. The molecule has 3 heteroatoms. The van der Waals surface area contributed by atoms with Crippen molar-refractivity contribution >= 4 is 11.8 Å². The quantitative estimate of drug-likeness (QED) is 0.867. The Labute approximate surface area is 114 Å². The van der Waals surface area contributed by atoms with Crippen LogP contribution in [0, 0.1) is 0 Å². The Hall–Kier alpha value is -0.670. The molecule has 1 aromatic rings. The van der Waals surface area contributed by atoms with Crippen LogP contribution in [0.5, 0.6) is 5.75 Å². The van der Waals surface area contributed by atoms with Crippen molar-refractivity contribution in [1.82, 2.24) is 4.90 Å². The number of rotatable bonds is 5. The van der Waals surface area contributed by atoms with Crippen molar-refractivity contribution in [3.63, 3.8) is 0 Å². The SMILES string of the molecule is CCCCN1CCCCC1Sc1ccc(O)cc1. The highest BCUT2D eigenvalue weighted by molar-refractivity contribution is 7.99. The molecule has 0 bridgehead atoms. The summed E-state index contributed by atoms with van der Waals surface area (Å²) in [7, 11) is 0. The second-order valence-electron chi connectivity index (χ2n) is 4.95. The molecule has 18 heavy (non-hydrogen) atoms. The molecular weight excluding hydrogens is 242 g/mol. The molecule has 0 saturated carbocycles. The second-order valence-corrected chi connectivity index (χ2v) is 6.20. The number of nitrogens with zero attached hydrogens (tertiary/aromatic N) is 1. The summed E-state index contributed by atoms with van der Waals surface area (Å²) in [6.45, 7) is 4.73. The van der Waals surface area contributed by atoms with Crippen LogP contribution in [0.15, 0.2) is 29.2 Å². The van der Waals surface area contributed by atoms with Gasteiger partial charge in [-0.2, -0.15) is 0 Å². The third-order valence-corrected chi connectivity index (χ3v) is 4.81. The Morgan fingerprint density at radius 2 is 2.06 bits per heavy atom. The molecule has 2 rings (SSSR count). The van der Waals surface area contributed by atoms with Crippen LogP contribution in [0.25, 0.3) is 0 Å². The second kappa shape index (κ2) is 7.05. The summed E-state index contributed by atoms with van der Waals surface area (Å²) in [5.41, 5.74) is 0. The maximum Gasteiger partial charge on any atom is 0.115 e. The molecule has 0 aliphatic carbocycles. The predicted molar refractivity (Wildman–Crippen MR) is 78.1 cm³/mol. The largest absolute Gasteiger partial charge is 0.508 e. The first kappa shape index (κ1) is 13.8. The van der Waals surface area contributed by atoms with Crippen molar-refractivity contribution in [3.05, 3.63) is 24.3 Å². The number of phenolic OH excluding ortho intramolecular Hbond substituents is 1. The molecule has 1 aromatic carbocycles. The van der Waals surface area contributed by atoms with Gasteiger partial charge in [-0.1, -0.05) is 13.3 Å². The normalized spacial score (nSPS) is 21.1. The lowest BCUT2D eigenvalue weighted by molar-refractivity contribution is 0.203. The van der Waals surface area contributed by atoms with Crippen molar-refractivity contribution in [2.45, 2.75) is 49.3 Å². The smallest absolute Gasteiger partial charge is 0.115 e. The molecule has 0 spiro atoms. The summed E-state index contributed by atoms with van der Waals surface area (Å²) in [4.78, 5) is 3.89. The average molecular weight is 265 g/mol. The van der Waals surface area contributed by atoms with Gasteiger partial charge in [0.15, 0.2) is 0 Å². The third kappa shape index (κ3) is 3.92. The molecule has 1 atom stereocenters. The van der Waals surface area contributed by atoms with Crippen LogP contribution < -0.4 is 0 Å². The van der Waals surface area contributed by atoms with E-state index in [-0.39, 0.29) is 0 Å². The van der Waals surface area contributed by atoms with Crippen molar-refractivity contribution in [3.8, 4) is 5.75 Å². The van der Waals surface area contributed by atoms with Crippen LogP contribution in [0.3, 0.4) is 0 Å². The minimum atomic E-state index is 0.353. The van der Waals surface area contributed by atoms with Crippen LogP contribution in [0.4, 0.5) is 0 Å². The van der Waals surface area contributed by atoms with Crippen molar-refractivity contribution in [2.24, 2.45) is 0 Å². The standard InChI is InChI=1S/C15H23NOS/c1-2-3-11-16-12-5-4-6-15(16)18-14-9-7-13(17)8-10-14/h7-10,15,17H,2-6,11-12H2,1H3. The highest BCUT2D eigenvalue weighted by atomic mass is 32.2. The molecule has 1 heterocycles. The number of likely N-dealkylation sites (tertiary alicyclic amines) is 1. The van der Waals surface area contributed by atoms with E-state index in [9.17, 15) is 5.11 Å². The minimum Gasteiger partial charge on any atom is -0.508 e. The molecule has 1 unspecified atom stereocenters. The van der Waals surface area contributed by atoms with Crippen molar-refractivity contribution in [1.29, 1.82) is 0 Å². The van der Waals surface area contributed by atoms with Crippen LogP contribution in [0.2, 0.25) is 0 Å². The van der Waals surface area contributed by atoms with Crippen molar-refractivity contribution < 1.29 is 5.11 Å². The molecule has 1 aliphatic rings. The van der Waals surface area contributed by atoms with E-state index in [2.05, 4.69) is 11.8 Å². The van der Waals surface area contributed by atoms with Gasteiger partial charge in [0.05, 0.1) is 5.37 Å². The van der Waals surface area contributed by atoms with E-state index < -0.39 is 0 Å². The number of phenols is 1. The lowest BCUT2D eigenvalue weighted by Crippen LogP contribution is -2.37. The van der Waals surface area contributed by atoms with E-state index in [1.54, 1.807) is 12.1 Å². The molecule has 0 aromatic heterocycles. The van der Waals surface area contributed by atoms with Crippen LogP contribution in [-0.2, 0) is 0 Å². The lowest BCUT2D eigenvalue weighted by Gasteiger charge is -2.35. The van der Waals surface area contributed by atoms with Gasteiger partial charge in [0.25, 0.3) is 0 Å². The Balaban J connectivity index is 1.94. The molecular formula is C15H23NOS. The fourth-order valence-corrected chi connectivity index (χ4v) is 3.64. The number of hydrogen-bond acceptors (Lipinski definition) is 3. The summed E-state index contributed by atoms with van der Waals surface area (Å²) < 4.78 is 0. The van der Waals surface area contributed by atoms with Gasteiger partial charge in [0.1, 0.15) is 5.75 Å². The summed E-state index contributed by atoms with van der Waals surface area (Å²) in [5, 5.41) is 9.93. The van der Waals surface area contributed by atoms with Gasteiger partial charge in [0.2, 0.25) is 0 Å². The summed E-state index contributed by atoms with van der Waals surface area (Å²) in [5.74, 6) is 0.353. The number of aromatic hydroxyl groups is 1. The molecule has 1 aliphatic heterocycles. The van der Waals surface area contributed by atoms with Crippen molar-refractivity contribution in [2.75, 3.05) is 13.1 Å². The van der Waals surface area contributed by atoms with Gasteiger partial charge in [-0.05, 0) is 63.0 Å². The van der Waals surface area contributed by atoms with Crippen LogP contribution >= 0.6 is 11.8 Å².